The van der Waals surface area contributed by atoms with Gasteiger partial charge in [0.25, 0.3) is 0 Å². The summed E-state index contributed by atoms with van der Waals surface area (Å²) in [6.45, 7) is 12.3. The van der Waals surface area contributed by atoms with Crippen LogP contribution in [0, 0.1) is 5.92 Å². The van der Waals surface area contributed by atoms with E-state index >= 15 is 0 Å². The molecule has 0 aliphatic heterocycles. The molecule has 1 aliphatic carbocycles. The van der Waals surface area contributed by atoms with Crippen molar-refractivity contribution in [1.29, 1.82) is 0 Å². The number of carbonyl (C=O) groups is 1. The molecule has 1 aliphatic rings. The monoisotopic (exact) mass is 270 g/mol. The topological polar surface area (TPSA) is 46.5 Å². The lowest BCUT2D eigenvalue weighted by atomic mass is 10.0. The van der Waals surface area contributed by atoms with Gasteiger partial charge in [-0.3, -0.25) is 4.79 Å². The number of aliphatic hydroxyl groups excluding tert-OH is 1. The minimum atomic E-state index is -1.38. The van der Waals surface area contributed by atoms with Gasteiger partial charge >= 0.3 is 5.97 Å². The molecule has 3 nitrogen and oxygen atoms in total. The van der Waals surface area contributed by atoms with E-state index < -0.39 is 25.7 Å². The van der Waals surface area contributed by atoms with E-state index in [1.54, 1.807) is 0 Å². The lowest BCUT2D eigenvalue weighted by Crippen LogP contribution is -2.33. The maximum Gasteiger partial charge on any atom is 0.316 e. The minimum absolute atomic E-state index is 0.281. The average Bonchev–Trinajstić information content (AvgIpc) is 2.40. The minimum Gasteiger partial charge on any atom is -0.459 e. The van der Waals surface area contributed by atoms with Crippen LogP contribution < -0.4 is 0 Å². The zero-order chi connectivity index (χ0) is 14.1. The fourth-order valence-corrected chi connectivity index (χ4v) is 3.71. The van der Waals surface area contributed by atoms with Crippen LogP contribution in [-0.2, 0) is 9.53 Å². The third-order valence-corrected chi connectivity index (χ3v) is 4.03. The molecule has 0 amide bonds. The van der Waals surface area contributed by atoms with Crippen molar-refractivity contribution in [3.8, 4) is 0 Å². The molecule has 0 aromatic rings. The van der Waals surface area contributed by atoms with Crippen LogP contribution in [0.2, 0.25) is 19.6 Å². The molecule has 104 valence electrons. The molecule has 1 fully saturated rings. The van der Waals surface area contributed by atoms with E-state index in [9.17, 15) is 9.90 Å². The van der Waals surface area contributed by atoms with Gasteiger partial charge in [-0.2, -0.15) is 0 Å². The maximum absolute atomic E-state index is 12.2. The second-order valence-electron chi connectivity index (χ2n) is 7.20. The van der Waals surface area contributed by atoms with Crippen LogP contribution in [0.25, 0.3) is 0 Å². The van der Waals surface area contributed by atoms with E-state index in [2.05, 4.69) is 25.3 Å². The van der Waals surface area contributed by atoms with E-state index in [0.717, 1.165) is 12.0 Å². The molecule has 1 N–H and O–H groups in total. The van der Waals surface area contributed by atoms with Crippen LogP contribution in [0.4, 0.5) is 0 Å². The molecule has 0 unspecified atom stereocenters. The Morgan fingerprint density at radius 2 is 1.94 bits per heavy atom. The normalized spacial score (nSPS) is 27.6. The zero-order valence-corrected chi connectivity index (χ0v) is 13.4. The van der Waals surface area contributed by atoms with Gasteiger partial charge in [-0.15, -0.1) is 0 Å². The SMILES string of the molecule is CC(C)(C)OC(=O)[C@H]1/C(=C/[Si](C)(C)C)CC[C@H]1O. The largest absolute Gasteiger partial charge is 0.459 e. The zero-order valence-electron chi connectivity index (χ0n) is 12.4. The van der Waals surface area contributed by atoms with Gasteiger partial charge in [-0.05, 0) is 33.6 Å². The average molecular weight is 270 g/mol. The van der Waals surface area contributed by atoms with E-state index in [4.69, 9.17) is 4.74 Å². The molecule has 0 aromatic carbocycles. The number of ether oxygens (including phenoxy) is 1. The smallest absolute Gasteiger partial charge is 0.316 e. The highest BCUT2D eigenvalue weighted by Gasteiger charge is 2.39. The Bertz CT molecular complexity index is 347. The molecule has 0 aromatic heterocycles. The summed E-state index contributed by atoms with van der Waals surface area (Å²) in [6.07, 6.45) is 0.901. The summed E-state index contributed by atoms with van der Waals surface area (Å²) >= 11 is 0. The summed E-state index contributed by atoms with van der Waals surface area (Å²) < 4.78 is 5.41. The second-order valence-corrected chi connectivity index (χ2v) is 12.2. The highest BCUT2D eigenvalue weighted by atomic mass is 28.3. The van der Waals surface area contributed by atoms with Gasteiger partial charge in [0.15, 0.2) is 0 Å². The molecule has 1 saturated carbocycles. The number of rotatable bonds is 2. The fraction of sp³-hybridized carbons (Fsp3) is 0.786. The van der Waals surface area contributed by atoms with E-state index in [0.29, 0.717) is 6.42 Å². The van der Waals surface area contributed by atoms with Crippen LogP contribution in [0.1, 0.15) is 33.6 Å². The van der Waals surface area contributed by atoms with Crippen LogP contribution in [0.5, 0.6) is 0 Å². The molecule has 0 bridgehead atoms. The van der Waals surface area contributed by atoms with E-state index in [1.165, 1.54) is 0 Å². The van der Waals surface area contributed by atoms with Crippen molar-refractivity contribution in [3.63, 3.8) is 0 Å². The molecular weight excluding hydrogens is 244 g/mol. The number of carbonyl (C=O) groups excluding carboxylic acids is 1. The molecule has 4 heteroatoms. The highest BCUT2D eigenvalue weighted by Crippen LogP contribution is 2.34. The van der Waals surface area contributed by atoms with Crippen molar-refractivity contribution in [2.75, 3.05) is 0 Å². The first kappa shape index (κ1) is 15.4. The Morgan fingerprint density at radius 1 is 1.39 bits per heavy atom. The Morgan fingerprint density at radius 3 is 2.39 bits per heavy atom. The number of hydrogen-bond acceptors (Lipinski definition) is 3. The van der Waals surface area contributed by atoms with Gasteiger partial charge in [0, 0.05) is 0 Å². The van der Waals surface area contributed by atoms with Crippen LogP contribution in [0.3, 0.4) is 0 Å². The third kappa shape index (κ3) is 4.57. The van der Waals surface area contributed by atoms with Gasteiger partial charge < -0.3 is 9.84 Å². The van der Waals surface area contributed by atoms with E-state index in [-0.39, 0.29) is 5.97 Å². The first-order valence-corrected chi connectivity index (χ1v) is 10.2. The van der Waals surface area contributed by atoms with Gasteiger partial charge in [0.2, 0.25) is 0 Å². The lowest BCUT2D eigenvalue weighted by Gasteiger charge is -2.24. The summed E-state index contributed by atoms with van der Waals surface area (Å²) in [5.74, 6) is -0.729. The first-order chi connectivity index (χ1) is 7.99. The van der Waals surface area contributed by atoms with Gasteiger partial charge in [-0.25, -0.2) is 0 Å². The summed E-state index contributed by atoms with van der Waals surface area (Å²) in [4.78, 5) is 12.2. The van der Waals surface area contributed by atoms with Gasteiger partial charge in [0.1, 0.15) is 11.5 Å². The number of aliphatic hydroxyl groups is 1. The summed E-state index contributed by atoms with van der Waals surface area (Å²) in [7, 11) is -1.38. The van der Waals surface area contributed by atoms with Crippen molar-refractivity contribution < 1.29 is 14.6 Å². The summed E-state index contributed by atoms with van der Waals surface area (Å²) in [6, 6.07) is 0. The molecule has 1 rings (SSSR count). The van der Waals surface area contributed by atoms with Crippen molar-refractivity contribution in [2.45, 2.75) is 65.0 Å². The molecular formula is C14H26O3Si. The Kier molecular flexibility index (Phi) is 4.44. The van der Waals surface area contributed by atoms with E-state index in [1.807, 2.05) is 20.8 Å². The molecule has 0 spiro atoms. The predicted octanol–water partition coefficient (Wildman–Crippen LogP) is 2.90. The van der Waals surface area contributed by atoms with Crippen LogP contribution in [-0.4, -0.2) is 30.9 Å². The molecule has 0 heterocycles. The maximum atomic E-state index is 12.2. The molecule has 2 atom stereocenters. The van der Waals surface area contributed by atoms with Crippen molar-refractivity contribution in [1.82, 2.24) is 0 Å². The predicted molar refractivity (Wildman–Crippen MR) is 76.0 cm³/mol. The quantitative estimate of drug-likeness (QED) is 0.620. The lowest BCUT2D eigenvalue weighted by molar-refractivity contribution is -0.161. The Labute approximate surface area is 111 Å². The van der Waals surface area contributed by atoms with Gasteiger partial charge in [-0.1, -0.05) is 30.9 Å². The second kappa shape index (κ2) is 5.17. The molecule has 18 heavy (non-hydrogen) atoms. The Hall–Kier alpha value is -0.613. The molecule has 0 radical (unpaired) electrons. The summed E-state index contributed by atoms with van der Waals surface area (Å²) in [5.41, 5.74) is 2.82. The van der Waals surface area contributed by atoms with Gasteiger partial charge in [0.05, 0.1) is 14.2 Å². The first-order valence-electron chi connectivity index (χ1n) is 6.62. The van der Waals surface area contributed by atoms with Crippen molar-refractivity contribution in [3.05, 3.63) is 11.3 Å². The van der Waals surface area contributed by atoms with Crippen molar-refractivity contribution in [2.24, 2.45) is 5.92 Å². The Balaban J connectivity index is 2.90. The van der Waals surface area contributed by atoms with Crippen LogP contribution >= 0.6 is 0 Å². The highest BCUT2D eigenvalue weighted by molar-refractivity contribution is 6.81. The molecule has 0 saturated heterocycles. The van der Waals surface area contributed by atoms with Crippen molar-refractivity contribution >= 4 is 14.0 Å². The third-order valence-electron chi connectivity index (χ3n) is 2.79. The number of esters is 1. The fourth-order valence-electron chi connectivity index (χ4n) is 2.28. The standard InChI is InChI=1S/C14H26O3Si/c1-14(2,3)17-13(16)12-10(7-8-11(12)15)9-18(4,5)6/h9,11-12,15H,7-8H2,1-6H3/b10-9+/t11-,12+/m1/s1. The summed E-state index contributed by atoms with van der Waals surface area (Å²) in [5, 5.41) is 10.00. The van der Waals surface area contributed by atoms with Crippen LogP contribution in [0.15, 0.2) is 11.3 Å². The number of hydrogen-bond donors (Lipinski definition) is 1.